The fraction of sp³-hybridized carbons (Fsp3) is 0.700. The van der Waals surface area contributed by atoms with Gasteiger partial charge in [-0.2, -0.15) is 15.0 Å². The summed E-state index contributed by atoms with van der Waals surface area (Å²) < 4.78 is 36.7. The molecule has 0 aliphatic heterocycles. The van der Waals surface area contributed by atoms with Gasteiger partial charge in [-0.25, -0.2) is 0 Å². The number of hydrogen-bond donors (Lipinski definition) is 2. The zero-order chi connectivity index (χ0) is 16.5. The van der Waals surface area contributed by atoms with Crippen molar-refractivity contribution in [3.63, 3.8) is 0 Å². The summed E-state index contributed by atoms with van der Waals surface area (Å²) in [5.74, 6) is 0.132. The van der Waals surface area contributed by atoms with Crippen LogP contribution in [0.2, 0.25) is 0 Å². The fourth-order valence-corrected chi connectivity index (χ4v) is 1.31. The lowest BCUT2D eigenvalue weighted by Gasteiger charge is -2.20. The normalized spacial score (nSPS) is 17.6. The van der Waals surface area contributed by atoms with E-state index in [-0.39, 0.29) is 17.4 Å². The Balaban J connectivity index is 3.10. The van der Waals surface area contributed by atoms with Crippen molar-refractivity contribution in [3.8, 4) is 0 Å². The maximum absolute atomic E-state index is 7.56. The van der Waals surface area contributed by atoms with E-state index in [2.05, 4.69) is 25.6 Å². The second kappa shape index (κ2) is 5.34. The highest BCUT2D eigenvalue weighted by Crippen LogP contribution is 2.16. The zero-order valence-electron chi connectivity index (χ0n) is 14.7. The molecule has 0 amide bonds. The lowest BCUT2D eigenvalue weighted by atomic mass is 10.1. The summed E-state index contributed by atoms with van der Waals surface area (Å²) in [6, 6.07) is 0. The van der Waals surface area contributed by atoms with Gasteiger partial charge in [0, 0.05) is 18.9 Å². The topological polar surface area (TPSA) is 62.7 Å². The molecule has 6 heteroatoms. The summed E-state index contributed by atoms with van der Waals surface area (Å²) in [5.41, 5.74) is -0.294. The third-order valence-electron chi connectivity index (χ3n) is 1.46. The molecular weight excluding hydrogens is 222 g/mol. The molecule has 0 bridgehead atoms. The number of nitrogens with zero attached hydrogens (tertiary/aromatic N) is 3. The molecule has 1 rings (SSSR count). The van der Waals surface area contributed by atoms with Crippen molar-refractivity contribution < 1.29 is 6.85 Å². The van der Waals surface area contributed by atoms with E-state index in [1.807, 2.05) is 20.8 Å². The van der Waals surface area contributed by atoms with Gasteiger partial charge in [-0.15, -0.1) is 0 Å². The highest BCUT2D eigenvalue weighted by atomic mass is 32.2. The second-order valence-corrected chi connectivity index (χ2v) is 4.87. The molecule has 1 aromatic rings. The van der Waals surface area contributed by atoms with Crippen LogP contribution < -0.4 is 10.6 Å². The van der Waals surface area contributed by atoms with Crippen molar-refractivity contribution in [2.75, 3.05) is 23.4 Å². The molecule has 0 aromatic carbocycles. The average molecular weight is 246 g/mol. The van der Waals surface area contributed by atoms with Crippen LogP contribution >= 0.6 is 11.8 Å². The Labute approximate surface area is 108 Å². The van der Waals surface area contributed by atoms with Gasteiger partial charge in [0.25, 0.3) is 0 Å². The van der Waals surface area contributed by atoms with Gasteiger partial charge < -0.3 is 10.6 Å². The van der Waals surface area contributed by atoms with Gasteiger partial charge in [-0.1, -0.05) is 11.8 Å². The first-order valence-corrected chi connectivity index (χ1v) is 5.93. The Morgan fingerprint density at radius 2 is 2.00 bits per heavy atom. The Morgan fingerprint density at radius 1 is 1.31 bits per heavy atom. The molecule has 0 radical (unpaired) electrons. The quantitative estimate of drug-likeness (QED) is 0.794. The Kier molecular flexibility index (Phi) is 2.44. The van der Waals surface area contributed by atoms with Crippen LogP contribution in [-0.2, 0) is 0 Å². The van der Waals surface area contributed by atoms with Gasteiger partial charge in [-0.05, 0) is 33.9 Å². The largest absolute Gasteiger partial charge is 0.354 e. The molecule has 0 unspecified atom stereocenters. The molecule has 2 N–H and O–H groups in total. The molecule has 5 nitrogen and oxygen atoms in total. The van der Waals surface area contributed by atoms with E-state index in [9.17, 15) is 0 Å². The first-order valence-electron chi connectivity index (χ1n) is 7.20. The average Bonchev–Trinajstić information content (AvgIpc) is 2.23. The molecule has 0 saturated heterocycles. The maximum Gasteiger partial charge on any atom is 0.228 e. The third-order valence-corrected chi connectivity index (χ3v) is 2.01. The maximum atomic E-state index is 7.56. The van der Waals surface area contributed by atoms with Crippen molar-refractivity contribution in [1.29, 1.82) is 0 Å². The zero-order valence-corrected chi connectivity index (χ0v) is 10.6. The van der Waals surface area contributed by atoms with Crippen LogP contribution in [0.3, 0.4) is 0 Å². The van der Waals surface area contributed by atoms with Gasteiger partial charge >= 0.3 is 0 Å². The molecule has 0 atom stereocenters. The van der Waals surface area contributed by atoms with E-state index in [0.717, 1.165) is 0 Å². The van der Waals surface area contributed by atoms with Crippen LogP contribution in [0, 0.1) is 0 Å². The predicted octanol–water partition coefficient (Wildman–Crippen LogP) is 2.24. The van der Waals surface area contributed by atoms with E-state index in [1.165, 1.54) is 11.8 Å². The number of rotatable bonds is 4. The molecule has 1 heterocycles. The first kappa shape index (κ1) is 7.32. The summed E-state index contributed by atoms with van der Waals surface area (Å²) in [6.07, 6.45) is 1.76. The Morgan fingerprint density at radius 3 is 2.56 bits per heavy atom. The van der Waals surface area contributed by atoms with Crippen molar-refractivity contribution in [2.24, 2.45) is 0 Å². The molecule has 0 fully saturated rings. The van der Waals surface area contributed by atoms with E-state index in [1.54, 1.807) is 6.26 Å². The van der Waals surface area contributed by atoms with Crippen LogP contribution in [0.1, 0.15) is 34.5 Å². The van der Waals surface area contributed by atoms with Crippen LogP contribution in [0.4, 0.5) is 11.9 Å². The molecule has 0 saturated carbocycles. The molecular formula is C10H19N5S. The molecule has 0 aliphatic rings. The highest BCUT2D eigenvalue weighted by Gasteiger charge is 2.13. The van der Waals surface area contributed by atoms with Crippen LogP contribution in [-0.4, -0.2) is 33.2 Å². The lowest BCUT2D eigenvalue weighted by molar-refractivity contribution is 0.622. The van der Waals surface area contributed by atoms with Gasteiger partial charge in [0.15, 0.2) is 5.16 Å². The minimum Gasteiger partial charge on any atom is -0.354 e. The molecule has 0 aliphatic carbocycles. The lowest BCUT2D eigenvalue weighted by Crippen LogP contribution is -2.27. The van der Waals surface area contributed by atoms with Crippen molar-refractivity contribution in [3.05, 3.63) is 0 Å². The van der Waals surface area contributed by atoms with Crippen LogP contribution in [0.15, 0.2) is 5.16 Å². The molecule has 1 aromatic heterocycles. The molecule has 0 spiro atoms. The highest BCUT2D eigenvalue weighted by molar-refractivity contribution is 7.98. The molecule has 16 heavy (non-hydrogen) atoms. The first-order chi connectivity index (χ1) is 9.34. The van der Waals surface area contributed by atoms with Gasteiger partial charge in [0.1, 0.15) is 0 Å². The SMILES string of the molecule is [2H]C([2H])([2H])C([2H])([2H])Nc1nc(NC(C)(C)C)nc(SC)n1. The van der Waals surface area contributed by atoms with E-state index in [4.69, 9.17) is 6.85 Å². The van der Waals surface area contributed by atoms with Gasteiger partial charge in [0.05, 0.1) is 0 Å². The summed E-state index contributed by atoms with van der Waals surface area (Å²) in [6.45, 7) is 0.291. The van der Waals surface area contributed by atoms with Crippen LogP contribution in [0.25, 0.3) is 0 Å². The van der Waals surface area contributed by atoms with Crippen LogP contribution in [0.5, 0.6) is 0 Å². The second-order valence-electron chi connectivity index (χ2n) is 4.09. The fourth-order valence-electron chi connectivity index (χ4n) is 0.951. The number of hydrogen-bond acceptors (Lipinski definition) is 6. The number of thioether (sulfide) groups is 1. The third kappa shape index (κ3) is 4.22. The number of nitrogens with one attached hydrogen (secondary N) is 2. The van der Waals surface area contributed by atoms with Crippen molar-refractivity contribution in [2.45, 2.75) is 38.3 Å². The summed E-state index contributed by atoms with van der Waals surface area (Å²) in [4.78, 5) is 12.2. The van der Waals surface area contributed by atoms with E-state index >= 15 is 0 Å². The van der Waals surface area contributed by atoms with Gasteiger partial charge in [0.2, 0.25) is 11.9 Å². The Bertz CT molecular complexity index is 500. The van der Waals surface area contributed by atoms with E-state index < -0.39 is 13.3 Å². The Hall–Kier alpha value is -1.04. The minimum atomic E-state index is -2.84. The summed E-state index contributed by atoms with van der Waals surface area (Å²) >= 11 is 1.25. The standard InChI is InChI=1S/C10H19N5S/c1-6-11-7-12-8(15-10(2,3)4)14-9(13-7)16-5/h6H2,1-5H3,(H2,11,12,13,14,15)/i1D3,6D2. The number of aromatic nitrogens is 3. The minimum absolute atomic E-state index is 0.123. The van der Waals surface area contributed by atoms with E-state index in [0.29, 0.717) is 5.16 Å². The van der Waals surface area contributed by atoms with Crippen molar-refractivity contribution in [1.82, 2.24) is 15.0 Å². The summed E-state index contributed by atoms with van der Waals surface area (Å²) in [7, 11) is 0. The van der Waals surface area contributed by atoms with Crippen molar-refractivity contribution >= 4 is 23.7 Å². The van der Waals surface area contributed by atoms with Gasteiger partial charge in [-0.3, -0.25) is 0 Å². The molecule has 90 valence electrons. The predicted molar refractivity (Wildman–Crippen MR) is 69.1 cm³/mol. The smallest absolute Gasteiger partial charge is 0.228 e. The monoisotopic (exact) mass is 246 g/mol. The number of anilines is 2. The summed E-state index contributed by atoms with van der Waals surface area (Å²) in [5, 5.41) is 5.62.